The Morgan fingerprint density at radius 1 is 1.17 bits per heavy atom. The maximum atomic E-state index is 13.1. The molecule has 4 rings (SSSR count). The zero-order valence-electron chi connectivity index (χ0n) is 16.7. The summed E-state index contributed by atoms with van der Waals surface area (Å²) in [5.74, 6) is 0.215. The predicted octanol–water partition coefficient (Wildman–Crippen LogP) is 1.98. The van der Waals surface area contributed by atoms with Gasteiger partial charge in [-0.05, 0) is 54.5 Å². The fourth-order valence-electron chi connectivity index (χ4n) is 3.57. The third kappa shape index (κ3) is 3.83. The highest BCUT2D eigenvalue weighted by molar-refractivity contribution is 7.89. The second-order valence-corrected chi connectivity index (χ2v) is 9.17. The molecule has 0 aliphatic carbocycles. The molecule has 1 N–H and O–H groups in total. The van der Waals surface area contributed by atoms with Gasteiger partial charge in [-0.3, -0.25) is 4.79 Å². The van der Waals surface area contributed by atoms with Gasteiger partial charge in [0.25, 0.3) is 0 Å². The minimum Gasteiger partial charge on any atom is -0.325 e. The summed E-state index contributed by atoms with van der Waals surface area (Å²) < 4.78 is 29.0. The monoisotopic (exact) mass is 426 g/mol. The van der Waals surface area contributed by atoms with E-state index < -0.39 is 16.1 Å². The van der Waals surface area contributed by atoms with Crippen molar-refractivity contribution in [3.8, 4) is 11.4 Å². The van der Waals surface area contributed by atoms with Crippen molar-refractivity contribution in [1.29, 1.82) is 0 Å². The van der Waals surface area contributed by atoms with E-state index in [1.165, 1.54) is 8.99 Å². The molecule has 30 heavy (non-hydrogen) atoms. The van der Waals surface area contributed by atoms with Crippen molar-refractivity contribution in [2.75, 3.05) is 11.9 Å². The summed E-state index contributed by atoms with van der Waals surface area (Å²) in [6.45, 7) is 2.21. The highest BCUT2D eigenvalue weighted by Crippen LogP contribution is 2.28. The largest absolute Gasteiger partial charge is 0.325 e. The molecule has 0 radical (unpaired) electrons. The topological polar surface area (TPSA) is 110 Å². The van der Waals surface area contributed by atoms with Crippen LogP contribution in [0.5, 0.6) is 0 Å². The van der Waals surface area contributed by atoms with Crippen molar-refractivity contribution in [1.82, 2.24) is 24.5 Å². The first kappa shape index (κ1) is 20.2. The van der Waals surface area contributed by atoms with E-state index in [4.69, 9.17) is 0 Å². The van der Waals surface area contributed by atoms with Crippen LogP contribution in [0.15, 0.2) is 53.4 Å². The molecular weight excluding hydrogens is 404 g/mol. The Morgan fingerprint density at radius 2 is 1.93 bits per heavy atom. The third-order valence-electron chi connectivity index (χ3n) is 5.14. The molecule has 1 aliphatic heterocycles. The molecule has 1 aromatic heterocycles. The van der Waals surface area contributed by atoms with E-state index in [0.29, 0.717) is 30.9 Å². The van der Waals surface area contributed by atoms with Gasteiger partial charge in [-0.1, -0.05) is 29.8 Å². The Hall–Kier alpha value is -3.11. The van der Waals surface area contributed by atoms with E-state index in [1.807, 2.05) is 13.0 Å². The minimum atomic E-state index is -3.75. The van der Waals surface area contributed by atoms with Gasteiger partial charge in [0, 0.05) is 24.8 Å². The minimum absolute atomic E-state index is 0.199. The fraction of sp³-hybridized carbons (Fsp3) is 0.300. The quantitative estimate of drug-likeness (QED) is 0.668. The Morgan fingerprint density at radius 3 is 2.63 bits per heavy atom. The molecule has 2 heterocycles. The lowest BCUT2D eigenvalue weighted by Crippen LogP contribution is -2.43. The van der Waals surface area contributed by atoms with Gasteiger partial charge in [0.05, 0.1) is 4.90 Å². The lowest BCUT2D eigenvalue weighted by atomic mass is 10.1. The predicted molar refractivity (Wildman–Crippen MR) is 111 cm³/mol. The summed E-state index contributed by atoms with van der Waals surface area (Å²) in [6, 6.07) is 13.1. The molecule has 2 aromatic carbocycles. The van der Waals surface area contributed by atoms with Gasteiger partial charge in [-0.25, -0.2) is 13.1 Å². The molecule has 3 aromatic rings. The number of tetrazole rings is 1. The number of nitrogens with zero attached hydrogens (tertiary/aromatic N) is 5. The molecule has 156 valence electrons. The van der Waals surface area contributed by atoms with Crippen LogP contribution < -0.4 is 5.32 Å². The van der Waals surface area contributed by atoms with E-state index in [-0.39, 0.29) is 10.8 Å². The van der Waals surface area contributed by atoms with Crippen molar-refractivity contribution < 1.29 is 13.2 Å². The molecular formula is C20H22N6O3S. The summed E-state index contributed by atoms with van der Waals surface area (Å²) in [5.41, 5.74) is 2.28. The maximum absolute atomic E-state index is 13.1. The van der Waals surface area contributed by atoms with E-state index in [1.54, 1.807) is 49.5 Å². The molecule has 1 aliphatic rings. The maximum Gasteiger partial charge on any atom is 0.243 e. The number of anilines is 1. The summed E-state index contributed by atoms with van der Waals surface area (Å²) >= 11 is 0. The zero-order valence-corrected chi connectivity index (χ0v) is 17.5. The Kier molecular flexibility index (Phi) is 5.35. The summed E-state index contributed by atoms with van der Waals surface area (Å²) in [4.78, 5) is 13.2. The molecule has 0 spiro atoms. The highest BCUT2D eigenvalue weighted by Gasteiger charge is 2.39. The summed E-state index contributed by atoms with van der Waals surface area (Å²) in [5, 5.41) is 14.3. The van der Waals surface area contributed by atoms with E-state index in [9.17, 15) is 13.2 Å². The number of benzene rings is 2. The first-order chi connectivity index (χ1) is 14.4. The number of carbonyl (C=O) groups excluding carboxylic acids is 1. The number of sulfonamides is 1. The van der Waals surface area contributed by atoms with E-state index >= 15 is 0 Å². The van der Waals surface area contributed by atoms with Crippen LogP contribution in [-0.2, 0) is 21.9 Å². The smallest absolute Gasteiger partial charge is 0.243 e. The van der Waals surface area contributed by atoms with Crippen LogP contribution in [0.2, 0.25) is 0 Å². The summed E-state index contributed by atoms with van der Waals surface area (Å²) in [7, 11) is -2.02. The van der Waals surface area contributed by atoms with E-state index in [2.05, 4.69) is 20.8 Å². The number of nitrogens with one attached hydrogen (secondary N) is 1. The van der Waals surface area contributed by atoms with Gasteiger partial charge in [0.15, 0.2) is 5.82 Å². The number of aryl methyl sites for hydroxylation is 2. The molecule has 1 fully saturated rings. The number of hydrogen-bond acceptors (Lipinski definition) is 6. The first-order valence-electron chi connectivity index (χ1n) is 9.58. The Bertz CT molecular complexity index is 1170. The SMILES string of the molecule is Cc1ccc(S(=O)(=O)N2CCC[C@H]2C(=O)Nc2cccc(-c3nnnn3C)c2)cc1. The second-order valence-electron chi connectivity index (χ2n) is 7.28. The van der Waals surface area contributed by atoms with Crippen LogP contribution in [0.4, 0.5) is 5.69 Å². The van der Waals surface area contributed by atoms with Crippen LogP contribution in [0, 0.1) is 6.92 Å². The Balaban J connectivity index is 1.55. The van der Waals surface area contributed by atoms with Gasteiger partial charge < -0.3 is 5.32 Å². The van der Waals surface area contributed by atoms with Crippen molar-refractivity contribution in [3.05, 3.63) is 54.1 Å². The van der Waals surface area contributed by atoms with Crippen molar-refractivity contribution in [2.45, 2.75) is 30.7 Å². The molecule has 9 nitrogen and oxygen atoms in total. The number of hydrogen-bond donors (Lipinski definition) is 1. The van der Waals surface area contributed by atoms with Crippen LogP contribution in [-0.4, -0.2) is 51.4 Å². The van der Waals surface area contributed by atoms with Gasteiger partial charge in [0.1, 0.15) is 6.04 Å². The average Bonchev–Trinajstić information content (AvgIpc) is 3.38. The number of carbonyl (C=O) groups is 1. The van der Waals surface area contributed by atoms with Crippen molar-refractivity contribution in [3.63, 3.8) is 0 Å². The standard InChI is InChI=1S/C20H22N6O3S/c1-14-8-10-17(11-9-14)30(28,29)26-12-4-7-18(26)20(27)21-16-6-3-5-15(13-16)19-22-23-24-25(19)2/h3,5-6,8-11,13,18H,4,7,12H2,1-2H3,(H,21,27)/t18-/m0/s1. The number of rotatable bonds is 5. The lowest BCUT2D eigenvalue weighted by Gasteiger charge is -2.23. The lowest BCUT2D eigenvalue weighted by molar-refractivity contribution is -0.119. The third-order valence-corrected chi connectivity index (χ3v) is 7.06. The van der Waals surface area contributed by atoms with Crippen LogP contribution in [0.1, 0.15) is 18.4 Å². The fourth-order valence-corrected chi connectivity index (χ4v) is 5.23. The zero-order chi connectivity index (χ0) is 21.3. The van der Waals surface area contributed by atoms with Crippen molar-refractivity contribution in [2.24, 2.45) is 7.05 Å². The molecule has 1 saturated heterocycles. The summed E-state index contributed by atoms with van der Waals surface area (Å²) in [6.07, 6.45) is 1.11. The average molecular weight is 427 g/mol. The van der Waals surface area contributed by atoms with Crippen LogP contribution in [0.3, 0.4) is 0 Å². The van der Waals surface area contributed by atoms with E-state index in [0.717, 1.165) is 11.1 Å². The number of amides is 1. The second kappa shape index (κ2) is 7.96. The van der Waals surface area contributed by atoms with Gasteiger partial charge in [-0.2, -0.15) is 4.31 Å². The van der Waals surface area contributed by atoms with Gasteiger partial charge in [0.2, 0.25) is 15.9 Å². The van der Waals surface area contributed by atoms with Crippen LogP contribution in [0.25, 0.3) is 11.4 Å². The molecule has 0 saturated carbocycles. The van der Waals surface area contributed by atoms with Gasteiger partial charge >= 0.3 is 0 Å². The molecule has 0 bridgehead atoms. The molecule has 0 unspecified atom stereocenters. The number of aromatic nitrogens is 4. The van der Waals surface area contributed by atoms with Crippen LogP contribution >= 0.6 is 0 Å². The molecule has 1 amide bonds. The van der Waals surface area contributed by atoms with Gasteiger partial charge in [-0.15, -0.1) is 5.10 Å². The first-order valence-corrected chi connectivity index (χ1v) is 11.0. The highest BCUT2D eigenvalue weighted by atomic mass is 32.2. The molecule has 1 atom stereocenters. The van der Waals surface area contributed by atoms with Crippen molar-refractivity contribution >= 4 is 21.6 Å². The normalized spacial score (nSPS) is 17.2. The Labute approximate surface area is 174 Å². The molecule has 10 heteroatoms.